The van der Waals surface area contributed by atoms with Crippen molar-refractivity contribution in [3.8, 4) is 5.75 Å². The molecule has 1 aromatic carbocycles. The molecule has 5 heteroatoms. The Labute approximate surface area is 144 Å². The van der Waals surface area contributed by atoms with Crippen molar-refractivity contribution in [1.82, 2.24) is 10.3 Å². The Morgan fingerprint density at radius 2 is 2.14 bits per heavy atom. The third kappa shape index (κ3) is 4.31. The molecule has 0 aliphatic rings. The highest BCUT2D eigenvalue weighted by atomic mass is 127. The van der Waals surface area contributed by atoms with Gasteiger partial charge in [-0.3, -0.25) is 4.98 Å². The topological polar surface area (TPSA) is 34.2 Å². The molecule has 0 saturated carbocycles. The first-order chi connectivity index (χ1) is 10.2. The maximum atomic E-state index is 6.17. The molecule has 0 aliphatic heterocycles. The molecule has 0 radical (unpaired) electrons. The first kappa shape index (κ1) is 16.5. The van der Waals surface area contributed by atoms with Crippen molar-refractivity contribution in [2.24, 2.45) is 0 Å². The second kappa shape index (κ2) is 7.96. The lowest BCUT2D eigenvalue weighted by molar-refractivity contribution is 0.411. The smallest absolute Gasteiger partial charge is 0.137 e. The number of methoxy groups -OCH3 is 1. The Bertz CT molecular complexity index is 607. The van der Waals surface area contributed by atoms with Crippen LogP contribution in [0.25, 0.3) is 0 Å². The normalized spacial score (nSPS) is 12.2. The maximum Gasteiger partial charge on any atom is 0.137 e. The molecular formula is C16H18ClIN2O. The zero-order valence-electron chi connectivity index (χ0n) is 12.1. The zero-order valence-corrected chi connectivity index (χ0v) is 15.0. The van der Waals surface area contributed by atoms with Gasteiger partial charge in [-0.2, -0.15) is 0 Å². The van der Waals surface area contributed by atoms with Crippen molar-refractivity contribution in [3.05, 3.63) is 56.4 Å². The molecule has 1 atom stereocenters. The first-order valence-corrected chi connectivity index (χ1v) is 8.28. The number of hydrogen-bond donors (Lipinski definition) is 1. The fourth-order valence-electron chi connectivity index (χ4n) is 2.14. The van der Waals surface area contributed by atoms with Crippen molar-refractivity contribution < 1.29 is 4.74 Å². The van der Waals surface area contributed by atoms with Gasteiger partial charge in [0.1, 0.15) is 5.75 Å². The quantitative estimate of drug-likeness (QED) is 0.707. The largest absolute Gasteiger partial charge is 0.495 e. The number of halogens is 2. The van der Waals surface area contributed by atoms with E-state index in [-0.39, 0.29) is 6.04 Å². The lowest BCUT2D eigenvalue weighted by Gasteiger charge is -2.21. The van der Waals surface area contributed by atoms with Crippen molar-refractivity contribution >= 4 is 34.2 Å². The van der Waals surface area contributed by atoms with Crippen LogP contribution >= 0.6 is 34.2 Å². The van der Waals surface area contributed by atoms with Crippen molar-refractivity contribution in [2.75, 3.05) is 13.7 Å². The van der Waals surface area contributed by atoms with Crippen molar-refractivity contribution in [2.45, 2.75) is 19.4 Å². The SMILES string of the molecule is CCCNC(c1cncc(OC)c1)c1cc(Cl)ccc1I. The molecule has 1 N–H and O–H groups in total. The van der Waals surface area contributed by atoms with Crippen LogP contribution in [0.3, 0.4) is 0 Å². The monoisotopic (exact) mass is 416 g/mol. The van der Waals surface area contributed by atoms with Gasteiger partial charge >= 0.3 is 0 Å². The third-order valence-electron chi connectivity index (χ3n) is 3.17. The van der Waals surface area contributed by atoms with E-state index < -0.39 is 0 Å². The number of nitrogens with one attached hydrogen (secondary N) is 1. The van der Waals surface area contributed by atoms with Gasteiger partial charge in [0.15, 0.2) is 0 Å². The van der Waals surface area contributed by atoms with E-state index in [9.17, 15) is 0 Å². The molecule has 0 aliphatic carbocycles. The molecule has 21 heavy (non-hydrogen) atoms. The standard InChI is InChI=1S/C16H18ClIN2O/c1-3-6-20-16(11-7-13(21-2)10-19-9-11)14-8-12(17)4-5-15(14)18/h4-5,7-10,16,20H,3,6H2,1-2H3. The zero-order chi connectivity index (χ0) is 15.2. The van der Waals surface area contributed by atoms with E-state index in [2.05, 4.69) is 39.8 Å². The molecule has 112 valence electrons. The van der Waals surface area contributed by atoms with Crippen LogP contribution in [0.1, 0.15) is 30.5 Å². The summed E-state index contributed by atoms with van der Waals surface area (Å²) in [5.74, 6) is 0.757. The predicted octanol–water partition coefficient (Wildman–Crippen LogP) is 4.44. The molecular weight excluding hydrogens is 399 g/mol. The van der Waals surface area contributed by atoms with Gasteiger partial charge in [0, 0.05) is 14.8 Å². The number of aromatic nitrogens is 1. The first-order valence-electron chi connectivity index (χ1n) is 6.83. The van der Waals surface area contributed by atoms with E-state index in [1.807, 2.05) is 30.5 Å². The highest BCUT2D eigenvalue weighted by Gasteiger charge is 2.17. The second-order valence-electron chi connectivity index (χ2n) is 4.71. The summed E-state index contributed by atoms with van der Waals surface area (Å²) in [6.07, 6.45) is 4.64. The van der Waals surface area contributed by atoms with Gasteiger partial charge in [0.05, 0.1) is 19.3 Å². The Morgan fingerprint density at radius 3 is 2.86 bits per heavy atom. The molecule has 0 spiro atoms. The average Bonchev–Trinajstić information content (AvgIpc) is 2.51. The average molecular weight is 417 g/mol. The minimum Gasteiger partial charge on any atom is -0.495 e. The second-order valence-corrected chi connectivity index (χ2v) is 6.31. The summed E-state index contributed by atoms with van der Waals surface area (Å²) < 4.78 is 6.46. The molecule has 2 rings (SSSR count). The van der Waals surface area contributed by atoms with E-state index in [1.165, 1.54) is 3.57 Å². The van der Waals surface area contributed by atoms with Crippen LogP contribution in [-0.2, 0) is 0 Å². The Kier molecular flexibility index (Phi) is 6.26. The van der Waals surface area contributed by atoms with Crippen molar-refractivity contribution in [3.63, 3.8) is 0 Å². The highest BCUT2D eigenvalue weighted by molar-refractivity contribution is 14.1. The van der Waals surface area contributed by atoms with Gasteiger partial charge < -0.3 is 10.1 Å². The molecule has 0 bridgehead atoms. The number of rotatable bonds is 6. The minimum absolute atomic E-state index is 0.0538. The van der Waals surface area contributed by atoms with Crippen LogP contribution in [0.2, 0.25) is 5.02 Å². The summed E-state index contributed by atoms with van der Waals surface area (Å²) >= 11 is 8.51. The van der Waals surface area contributed by atoms with Gasteiger partial charge in [-0.15, -0.1) is 0 Å². The molecule has 1 aromatic heterocycles. The fourth-order valence-corrected chi connectivity index (χ4v) is 2.96. The lowest BCUT2D eigenvalue weighted by atomic mass is 10.00. The number of nitrogens with zero attached hydrogens (tertiary/aromatic N) is 1. The molecule has 1 heterocycles. The van der Waals surface area contributed by atoms with E-state index in [1.54, 1.807) is 13.3 Å². The van der Waals surface area contributed by atoms with Crippen molar-refractivity contribution in [1.29, 1.82) is 0 Å². The van der Waals surface area contributed by atoms with Crippen LogP contribution < -0.4 is 10.1 Å². The van der Waals surface area contributed by atoms with Crippen LogP contribution in [-0.4, -0.2) is 18.6 Å². The lowest BCUT2D eigenvalue weighted by Crippen LogP contribution is -2.24. The molecule has 1 unspecified atom stereocenters. The number of ether oxygens (including phenoxy) is 1. The Balaban J connectivity index is 2.44. The predicted molar refractivity (Wildman–Crippen MR) is 95.1 cm³/mol. The summed E-state index contributed by atoms with van der Waals surface area (Å²) in [6, 6.07) is 8.02. The van der Waals surface area contributed by atoms with E-state index in [4.69, 9.17) is 16.3 Å². The summed E-state index contributed by atoms with van der Waals surface area (Å²) in [6.45, 7) is 3.07. The molecule has 0 fully saturated rings. The fraction of sp³-hybridized carbons (Fsp3) is 0.312. The number of pyridine rings is 1. The minimum atomic E-state index is 0.0538. The van der Waals surface area contributed by atoms with Crippen LogP contribution in [0.5, 0.6) is 5.75 Å². The Hall–Kier alpha value is -0.850. The van der Waals surface area contributed by atoms with Gasteiger partial charge in [-0.1, -0.05) is 18.5 Å². The van der Waals surface area contributed by atoms with Crippen LogP contribution in [0.15, 0.2) is 36.7 Å². The van der Waals surface area contributed by atoms with E-state index in [0.29, 0.717) is 0 Å². The van der Waals surface area contributed by atoms with Gasteiger partial charge in [0.2, 0.25) is 0 Å². The maximum absolute atomic E-state index is 6.17. The van der Waals surface area contributed by atoms with Crippen LogP contribution in [0, 0.1) is 3.57 Å². The summed E-state index contributed by atoms with van der Waals surface area (Å²) in [7, 11) is 1.65. The van der Waals surface area contributed by atoms with Gasteiger partial charge in [-0.05, 0) is 70.9 Å². The Morgan fingerprint density at radius 1 is 1.33 bits per heavy atom. The van der Waals surface area contributed by atoms with Gasteiger partial charge in [-0.25, -0.2) is 0 Å². The number of benzene rings is 1. The van der Waals surface area contributed by atoms with E-state index in [0.717, 1.165) is 34.9 Å². The third-order valence-corrected chi connectivity index (χ3v) is 4.39. The van der Waals surface area contributed by atoms with Crippen LogP contribution in [0.4, 0.5) is 0 Å². The highest BCUT2D eigenvalue weighted by Crippen LogP contribution is 2.29. The number of hydrogen-bond acceptors (Lipinski definition) is 3. The summed E-state index contributed by atoms with van der Waals surface area (Å²) in [5.41, 5.74) is 2.23. The molecule has 2 aromatic rings. The summed E-state index contributed by atoms with van der Waals surface area (Å²) in [4.78, 5) is 4.26. The molecule has 3 nitrogen and oxygen atoms in total. The summed E-state index contributed by atoms with van der Waals surface area (Å²) in [5, 5.41) is 4.30. The van der Waals surface area contributed by atoms with E-state index >= 15 is 0 Å². The molecule has 0 amide bonds. The van der Waals surface area contributed by atoms with Gasteiger partial charge in [0.25, 0.3) is 0 Å². The molecule has 0 saturated heterocycles.